The van der Waals surface area contributed by atoms with E-state index in [4.69, 9.17) is 5.73 Å². The number of imidazole rings is 1. The zero-order valence-corrected chi connectivity index (χ0v) is 9.02. The molecule has 3 nitrogen and oxygen atoms in total. The van der Waals surface area contributed by atoms with E-state index in [1.165, 1.54) is 0 Å². The van der Waals surface area contributed by atoms with E-state index in [2.05, 4.69) is 9.97 Å². The standard InChI is InChI=1S/C5H9N3.2C2H6/c1-3-5(6)8-4(2)7-3;2*1-2/h6H2,1-2H3,(H,7,8);2*1-2H3. The molecule has 0 aromatic carbocycles. The highest BCUT2D eigenvalue weighted by molar-refractivity contribution is 5.33. The molecule has 1 rings (SSSR count). The first-order valence-corrected chi connectivity index (χ1v) is 4.49. The maximum atomic E-state index is 5.40. The molecule has 72 valence electrons. The molecule has 1 aromatic heterocycles. The SMILES string of the molecule is CC.CC.Cc1nc(N)c(C)[nH]1. The van der Waals surface area contributed by atoms with Crippen molar-refractivity contribution in [2.75, 3.05) is 5.73 Å². The van der Waals surface area contributed by atoms with Crippen LogP contribution in [0.5, 0.6) is 0 Å². The van der Waals surface area contributed by atoms with Gasteiger partial charge in [-0.2, -0.15) is 0 Å². The number of rotatable bonds is 0. The molecule has 0 saturated carbocycles. The molecule has 0 amide bonds. The maximum absolute atomic E-state index is 5.40. The van der Waals surface area contributed by atoms with Crippen molar-refractivity contribution < 1.29 is 0 Å². The van der Waals surface area contributed by atoms with E-state index in [-0.39, 0.29) is 0 Å². The molecule has 0 saturated heterocycles. The molecule has 0 fully saturated rings. The summed E-state index contributed by atoms with van der Waals surface area (Å²) in [6.07, 6.45) is 0. The Morgan fingerprint density at radius 3 is 1.58 bits per heavy atom. The first kappa shape index (κ1) is 13.6. The van der Waals surface area contributed by atoms with Crippen molar-refractivity contribution in [1.29, 1.82) is 0 Å². The Labute approximate surface area is 75.4 Å². The molecule has 0 bridgehead atoms. The fraction of sp³-hybridized carbons (Fsp3) is 0.667. The van der Waals surface area contributed by atoms with Crippen LogP contribution in [0.15, 0.2) is 0 Å². The van der Waals surface area contributed by atoms with E-state index in [9.17, 15) is 0 Å². The van der Waals surface area contributed by atoms with Crippen molar-refractivity contribution in [1.82, 2.24) is 9.97 Å². The molecule has 0 radical (unpaired) electrons. The third-order valence-corrected chi connectivity index (χ3v) is 1.04. The lowest BCUT2D eigenvalue weighted by molar-refractivity contribution is 1.13. The molecule has 0 unspecified atom stereocenters. The lowest BCUT2D eigenvalue weighted by Gasteiger charge is -1.79. The van der Waals surface area contributed by atoms with Gasteiger partial charge in [0.25, 0.3) is 0 Å². The van der Waals surface area contributed by atoms with Crippen LogP contribution in [0.2, 0.25) is 0 Å². The van der Waals surface area contributed by atoms with Gasteiger partial charge in [0, 0.05) is 0 Å². The van der Waals surface area contributed by atoms with E-state index >= 15 is 0 Å². The number of hydrogen-bond acceptors (Lipinski definition) is 2. The van der Waals surface area contributed by atoms with Crippen molar-refractivity contribution in [3.8, 4) is 0 Å². The van der Waals surface area contributed by atoms with Crippen LogP contribution in [0.4, 0.5) is 5.82 Å². The van der Waals surface area contributed by atoms with Crippen molar-refractivity contribution in [2.45, 2.75) is 41.5 Å². The van der Waals surface area contributed by atoms with Crippen molar-refractivity contribution in [2.24, 2.45) is 0 Å². The van der Waals surface area contributed by atoms with Crippen molar-refractivity contribution in [3.63, 3.8) is 0 Å². The van der Waals surface area contributed by atoms with Gasteiger partial charge < -0.3 is 10.7 Å². The summed E-state index contributed by atoms with van der Waals surface area (Å²) in [4.78, 5) is 6.90. The number of aromatic nitrogens is 2. The molecule has 0 atom stereocenters. The number of aromatic amines is 1. The summed E-state index contributed by atoms with van der Waals surface area (Å²) in [5.74, 6) is 1.47. The summed E-state index contributed by atoms with van der Waals surface area (Å²) in [7, 11) is 0. The van der Waals surface area contributed by atoms with E-state index in [0.717, 1.165) is 11.5 Å². The largest absolute Gasteiger partial charge is 0.382 e. The highest BCUT2D eigenvalue weighted by atomic mass is 15.0. The van der Waals surface area contributed by atoms with Gasteiger partial charge in [0.1, 0.15) is 11.6 Å². The molecular weight excluding hydrogens is 150 g/mol. The van der Waals surface area contributed by atoms with Gasteiger partial charge in [0.15, 0.2) is 0 Å². The summed E-state index contributed by atoms with van der Waals surface area (Å²) in [5.41, 5.74) is 6.35. The van der Waals surface area contributed by atoms with Crippen LogP contribution in [0, 0.1) is 13.8 Å². The Balaban J connectivity index is 0. The lowest BCUT2D eigenvalue weighted by atomic mass is 10.5. The first-order chi connectivity index (χ1) is 5.70. The molecule has 12 heavy (non-hydrogen) atoms. The Kier molecular flexibility index (Phi) is 9.18. The lowest BCUT2D eigenvalue weighted by Crippen LogP contribution is -1.85. The van der Waals surface area contributed by atoms with Crippen LogP contribution in [-0.2, 0) is 0 Å². The molecule has 1 aromatic rings. The van der Waals surface area contributed by atoms with Gasteiger partial charge in [0.05, 0.1) is 5.69 Å². The average Bonchev–Trinajstić information content (AvgIpc) is 2.37. The average molecular weight is 171 g/mol. The maximum Gasteiger partial charge on any atom is 0.144 e. The zero-order valence-electron chi connectivity index (χ0n) is 9.02. The minimum absolute atomic E-state index is 0.600. The van der Waals surface area contributed by atoms with E-state index < -0.39 is 0 Å². The molecular formula is C9H21N3. The predicted molar refractivity (Wildman–Crippen MR) is 55.2 cm³/mol. The van der Waals surface area contributed by atoms with Gasteiger partial charge in [-0.05, 0) is 13.8 Å². The molecule has 1 heterocycles. The number of nitrogens with two attached hydrogens (primary N) is 1. The summed E-state index contributed by atoms with van der Waals surface area (Å²) < 4.78 is 0. The van der Waals surface area contributed by atoms with Gasteiger partial charge in [-0.15, -0.1) is 0 Å². The Hall–Kier alpha value is -0.990. The van der Waals surface area contributed by atoms with Crippen molar-refractivity contribution >= 4 is 5.82 Å². The minimum atomic E-state index is 0.600. The van der Waals surface area contributed by atoms with Gasteiger partial charge in [-0.25, -0.2) is 4.98 Å². The van der Waals surface area contributed by atoms with Gasteiger partial charge in [0.2, 0.25) is 0 Å². The molecule has 3 N–H and O–H groups in total. The fourth-order valence-corrected chi connectivity index (χ4v) is 0.628. The second-order valence-corrected chi connectivity index (χ2v) is 1.83. The van der Waals surface area contributed by atoms with Gasteiger partial charge in [-0.3, -0.25) is 0 Å². The van der Waals surface area contributed by atoms with E-state index in [0.29, 0.717) is 5.82 Å². The summed E-state index contributed by atoms with van der Waals surface area (Å²) in [6.45, 7) is 11.8. The number of hydrogen-bond donors (Lipinski definition) is 2. The normalized spacial score (nSPS) is 7.50. The summed E-state index contributed by atoms with van der Waals surface area (Å²) in [6, 6.07) is 0. The van der Waals surface area contributed by atoms with Crippen LogP contribution in [-0.4, -0.2) is 9.97 Å². The molecule has 0 aliphatic rings. The quantitative estimate of drug-likeness (QED) is 0.630. The number of aryl methyl sites for hydroxylation is 2. The number of nitrogen functional groups attached to an aromatic ring is 1. The molecule has 0 aliphatic heterocycles. The van der Waals surface area contributed by atoms with Crippen LogP contribution < -0.4 is 5.73 Å². The molecule has 0 spiro atoms. The van der Waals surface area contributed by atoms with Crippen LogP contribution in [0.3, 0.4) is 0 Å². The zero-order chi connectivity index (χ0) is 10.1. The van der Waals surface area contributed by atoms with E-state index in [1.54, 1.807) is 0 Å². The van der Waals surface area contributed by atoms with Crippen LogP contribution in [0.25, 0.3) is 0 Å². The summed E-state index contributed by atoms with van der Waals surface area (Å²) >= 11 is 0. The monoisotopic (exact) mass is 171 g/mol. The second-order valence-electron chi connectivity index (χ2n) is 1.83. The molecule has 0 aliphatic carbocycles. The summed E-state index contributed by atoms with van der Waals surface area (Å²) in [5, 5.41) is 0. The predicted octanol–water partition coefficient (Wildman–Crippen LogP) is 2.66. The van der Waals surface area contributed by atoms with E-state index in [1.807, 2.05) is 41.5 Å². The Morgan fingerprint density at radius 1 is 1.08 bits per heavy atom. The Bertz CT molecular complexity index is 172. The topological polar surface area (TPSA) is 54.7 Å². The number of H-pyrrole nitrogens is 1. The third kappa shape index (κ3) is 4.77. The molecule has 3 heteroatoms. The smallest absolute Gasteiger partial charge is 0.144 e. The van der Waals surface area contributed by atoms with Crippen LogP contribution >= 0.6 is 0 Å². The highest BCUT2D eigenvalue weighted by Crippen LogP contribution is 2.03. The second kappa shape index (κ2) is 8.11. The van der Waals surface area contributed by atoms with Crippen LogP contribution in [0.1, 0.15) is 39.2 Å². The number of nitrogens with one attached hydrogen (secondary N) is 1. The number of anilines is 1. The van der Waals surface area contributed by atoms with Gasteiger partial charge >= 0.3 is 0 Å². The third-order valence-electron chi connectivity index (χ3n) is 1.04. The minimum Gasteiger partial charge on any atom is -0.382 e. The van der Waals surface area contributed by atoms with Gasteiger partial charge in [-0.1, -0.05) is 27.7 Å². The fourth-order valence-electron chi connectivity index (χ4n) is 0.628. The Morgan fingerprint density at radius 2 is 1.50 bits per heavy atom. The number of nitrogens with zero attached hydrogens (tertiary/aromatic N) is 1. The first-order valence-electron chi connectivity index (χ1n) is 4.49. The highest BCUT2D eigenvalue weighted by Gasteiger charge is 1.94. The van der Waals surface area contributed by atoms with Crippen molar-refractivity contribution in [3.05, 3.63) is 11.5 Å².